The summed E-state index contributed by atoms with van der Waals surface area (Å²) in [5.41, 5.74) is 0.0757. The monoisotopic (exact) mass is 323 g/mol. The largest absolute Gasteiger partial charge is 0.493 e. The Labute approximate surface area is 126 Å². The van der Waals surface area contributed by atoms with Crippen molar-refractivity contribution in [3.05, 3.63) is 22.7 Å². The van der Waals surface area contributed by atoms with Gasteiger partial charge < -0.3 is 19.5 Å². The van der Waals surface area contributed by atoms with Crippen LogP contribution in [0.3, 0.4) is 0 Å². The third kappa shape index (κ3) is 4.44. The third-order valence-corrected chi connectivity index (χ3v) is 2.98. The van der Waals surface area contributed by atoms with Crippen molar-refractivity contribution in [2.75, 3.05) is 33.9 Å². The number of aliphatic hydroxyl groups excluding tert-OH is 1. The fourth-order valence-electron chi connectivity index (χ4n) is 1.79. The molecular formula is C13H16ClF2NO4. The first-order chi connectivity index (χ1) is 9.94. The van der Waals surface area contributed by atoms with Crippen LogP contribution in [0, 0.1) is 0 Å². The van der Waals surface area contributed by atoms with Crippen molar-refractivity contribution >= 4 is 17.5 Å². The molecule has 1 amide bonds. The second kappa shape index (κ2) is 7.99. The number of amides is 1. The van der Waals surface area contributed by atoms with Crippen LogP contribution in [0.25, 0.3) is 0 Å². The van der Waals surface area contributed by atoms with E-state index < -0.39 is 25.5 Å². The predicted octanol–water partition coefficient (Wildman–Crippen LogP) is 2.06. The summed E-state index contributed by atoms with van der Waals surface area (Å²) in [7, 11) is 2.76. The summed E-state index contributed by atoms with van der Waals surface area (Å²) in [6, 6.07) is 2.66. The lowest BCUT2D eigenvalue weighted by Gasteiger charge is -2.22. The second-order valence-electron chi connectivity index (χ2n) is 4.06. The number of ether oxygens (including phenoxy) is 2. The van der Waals surface area contributed by atoms with E-state index in [4.69, 9.17) is 26.2 Å². The van der Waals surface area contributed by atoms with Crippen LogP contribution in [-0.2, 0) is 0 Å². The molecule has 0 bridgehead atoms. The van der Waals surface area contributed by atoms with Gasteiger partial charge in [-0.05, 0) is 12.1 Å². The number of methoxy groups -OCH3 is 2. The number of benzene rings is 1. The van der Waals surface area contributed by atoms with Gasteiger partial charge in [0.15, 0.2) is 11.5 Å². The van der Waals surface area contributed by atoms with Crippen molar-refractivity contribution in [1.82, 2.24) is 4.90 Å². The Morgan fingerprint density at radius 2 is 2.05 bits per heavy atom. The molecule has 0 saturated carbocycles. The number of hydrogen-bond acceptors (Lipinski definition) is 4. The Balaban J connectivity index is 3.12. The lowest BCUT2D eigenvalue weighted by Crippen LogP contribution is -2.37. The highest BCUT2D eigenvalue weighted by Crippen LogP contribution is 2.36. The molecule has 1 aromatic rings. The quantitative estimate of drug-likeness (QED) is 0.834. The fraction of sp³-hybridized carbons (Fsp3) is 0.462. The molecule has 1 rings (SSSR count). The summed E-state index contributed by atoms with van der Waals surface area (Å²) < 4.78 is 35.0. The van der Waals surface area contributed by atoms with E-state index in [2.05, 4.69) is 0 Å². The van der Waals surface area contributed by atoms with Crippen molar-refractivity contribution in [2.45, 2.75) is 6.43 Å². The summed E-state index contributed by atoms with van der Waals surface area (Å²) >= 11 is 5.97. The zero-order chi connectivity index (χ0) is 16.0. The van der Waals surface area contributed by atoms with E-state index >= 15 is 0 Å². The minimum atomic E-state index is -2.70. The maximum Gasteiger partial charge on any atom is 0.255 e. The van der Waals surface area contributed by atoms with E-state index in [1.54, 1.807) is 0 Å². The zero-order valence-corrected chi connectivity index (χ0v) is 12.4. The molecule has 0 heterocycles. The average molecular weight is 324 g/mol. The number of carbonyl (C=O) groups excluding carboxylic acids is 1. The van der Waals surface area contributed by atoms with Crippen LogP contribution in [0.1, 0.15) is 10.4 Å². The SMILES string of the molecule is COc1cc(C(=O)N(CCO)CC(F)F)cc(Cl)c1OC. The summed E-state index contributed by atoms with van der Waals surface area (Å²) in [6.45, 7) is -1.39. The molecular weight excluding hydrogens is 308 g/mol. The van der Waals surface area contributed by atoms with Crippen LogP contribution in [0.15, 0.2) is 12.1 Å². The fourth-order valence-corrected chi connectivity index (χ4v) is 2.07. The van der Waals surface area contributed by atoms with Crippen LogP contribution >= 0.6 is 11.6 Å². The Hall–Kier alpha value is -1.60. The molecule has 21 heavy (non-hydrogen) atoms. The van der Waals surface area contributed by atoms with Crippen molar-refractivity contribution < 1.29 is 28.2 Å². The van der Waals surface area contributed by atoms with Crippen molar-refractivity contribution in [3.8, 4) is 11.5 Å². The van der Waals surface area contributed by atoms with Crippen LogP contribution in [-0.4, -0.2) is 56.3 Å². The molecule has 0 radical (unpaired) electrons. The van der Waals surface area contributed by atoms with Crippen molar-refractivity contribution in [1.29, 1.82) is 0 Å². The molecule has 0 spiro atoms. The predicted molar refractivity (Wildman–Crippen MR) is 73.5 cm³/mol. The molecule has 1 N–H and O–H groups in total. The molecule has 0 aliphatic rings. The summed E-state index contributed by atoms with van der Waals surface area (Å²) in [5, 5.41) is 9.00. The maximum absolute atomic E-state index is 12.5. The van der Waals surface area contributed by atoms with Crippen molar-refractivity contribution in [2.24, 2.45) is 0 Å². The van der Waals surface area contributed by atoms with Gasteiger partial charge in [-0.25, -0.2) is 8.78 Å². The van der Waals surface area contributed by atoms with Gasteiger partial charge >= 0.3 is 0 Å². The van der Waals surface area contributed by atoms with Crippen LogP contribution in [0.2, 0.25) is 5.02 Å². The Kier molecular flexibility index (Phi) is 6.64. The topological polar surface area (TPSA) is 59.0 Å². The second-order valence-corrected chi connectivity index (χ2v) is 4.47. The number of rotatable bonds is 7. The van der Waals surface area contributed by atoms with Gasteiger partial charge in [0, 0.05) is 12.1 Å². The van der Waals surface area contributed by atoms with Crippen LogP contribution < -0.4 is 9.47 Å². The highest BCUT2D eigenvalue weighted by Gasteiger charge is 2.22. The number of hydrogen-bond donors (Lipinski definition) is 1. The molecule has 1 aromatic carbocycles. The van der Waals surface area contributed by atoms with Gasteiger partial charge in [-0.1, -0.05) is 11.6 Å². The number of carbonyl (C=O) groups is 1. The molecule has 0 fully saturated rings. The van der Waals surface area contributed by atoms with Gasteiger partial charge in [0.05, 0.1) is 32.4 Å². The first-order valence-electron chi connectivity index (χ1n) is 6.04. The van der Waals surface area contributed by atoms with E-state index in [0.717, 1.165) is 4.90 Å². The summed E-state index contributed by atoms with van der Waals surface area (Å²) in [6.07, 6.45) is -2.70. The van der Waals surface area contributed by atoms with E-state index in [-0.39, 0.29) is 28.6 Å². The number of nitrogens with zero attached hydrogens (tertiary/aromatic N) is 1. The van der Waals surface area contributed by atoms with E-state index in [9.17, 15) is 13.6 Å². The minimum absolute atomic E-state index is 0.0757. The van der Waals surface area contributed by atoms with Gasteiger partial charge in [0.25, 0.3) is 12.3 Å². The highest BCUT2D eigenvalue weighted by molar-refractivity contribution is 6.32. The van der Waals surface area contributed by atoms with E-state index in [1.165, 1.54) is 26.4 Å². The molecule has 0 atom stereocenters. The molecule has 5 nitrogen and oxygen atoms in total. The van der Waals surface area contributed by atoms with Gasteiger partial charge in [-0.2, -0.15) is 0 Å². The minimum Gasteiger partial charge on any atom is -0.493 e. The smallest absolute Gasteiger partial charge is 0.255 e. The van der Waals surface area contributed by atoms with E-state index in [0.29, 0.717) is 0 Å². The average Bonchev–Trinajstić information content (AvgIpc) is 2.44. The van der Waals surface area contributed by atoms with Crippen molar-refractivity contribution in [3.63, 3.8) is 0 Å². The molecule has 118 valence electrons. The highest BCUT2D eigenvalue weighted by atomic mass is 35.5. The normalized spacial score (nSPS) is 10.6. The zero-order valence-electron chi connectivity index (χ0n) is 11.6. The van der Waals surface area contributed by atoms with Gasteiger partial charge in [-0.3, -0.25) is 4.79 Å². The first kappa shape index (κ1) is 17.5. The maximum atomic E-state index is 12.5. The van der Waals surface area contributed by atoms with Gasteiger partial charge in [0.1, 0.15) is 0 Å². The number of aliphatic hydroxyl groups is 1. The van der Waals surface area contributed by atoms with Crippen LogP contribution in [0.5, 0.6) is 11.5 Å². The first-order valence-corrected chi connectivity index (χ1v) is 6.42. The summed E-state index contributed by atoms with van der Waals surface area (Å²) in [5.74, 6) is -0.208. The van der Waals surface area contributed by atoms with Crippen LogP contribution in [0.4, 0.5) is 8.78 Å². The van der Waals surface area contributed by atoms with E-state index in [1.807, 2.05) is 0 Å². The number of alkyl halides is 2. The Bertz CT molecular complexity index is 499. The standard InChI is InChI=1S/C13H16ClF2NO4/c1-20-10-6-8(5-9(14)12(10)21-2)13(19)17(3-4-18)7-11(15)16/h5-6,11,18H,3-4,7H2,1-2H3. The molecule has 0 saturated heterocycles. The lowest BCUT2D eigenvalue weighted by atomic mass is 10.1. The van der Waals surface area contributed by atoms with Gasteiger partial charge in [-0.15, -0.1) is 0 Å². The summed E-state index contributed by atoms with van der Waals surface area (Å²) in [4.78, 5) is 13.1. The third-order valence-electron chi connectivity index (χ3n) is 2.70. The Morgan fingerprint density at radius 3 is 2.52 bits per heavy atom. The molecule has 8 heteroatoms. The van der Waals surface area contributed by atoms with Gasteiger partial charge in [0.2, 0.25) is 0 Å². The lowest BCUT2D eigenvalue weighted by molar-refractivity contribution is 0.0509. The molecule has 0 aliphatic heterocycles. The number of halogens is 3. The molecule has 0 unspecified atom stereocenters. The molecule has 0 aromatic heterocycles. The Morgan fingerprint density at radius 1 is 1.38 bits per heavy atom. The molecule has 0 aliphatic carbocycles.